The predicted molar refractivity (Wildman–Crippen MR) is 171 cm³/mol. The second kappa shape index (κ2) is 11.0. The van der Waals surface area contributed by atoms with E-state index in [0.717, 1.165) is 48.0 Å². The Bertz CT molecular complexity index is 1420. The van der Waals surface area contributed by atoms with E-state index in [9.17, 15) is 4.79 Å². The molecule has 0 saturated carbocycles. The Morgan fingerprint density at radius 2 is 1.68 bits per heavy atom. The number of pyridine rings is 2. The van der Waals surface area contributed by atoms with E-state index in [1.165, 1.54) is 23.1 Å². The lowest BCUT2D eigenvalue weighted by molar-refractivity contribution is 0.0984. The smallest absolute Gasteiger partial charge is 0.263 e. The summed E-state index contributed by atoms with van der Waals surface area (Å²) in [6.07, 6.45) is 5.00. The van der Waals surface area contributed by atoms with Gasteiger partial charge in [-0.3, -0.25) is 14.5 Å². The summed E-state index contributed by atoms with van der Waals surface area (Å²) in [6, 6.07) is 16.7. The summed E-state index contributed by atoms with van der Waals surface area (Å²) in [5.74, 6) is 1.18. The number of hydrogen-bond acceptors (Lipinski definition) is 6. The maximum Gasteiger partial charge on any atom is 0.263 e. The maximum atomic E-state index is 13.6. The minimum atomic E-state index is -0.0965. The summed E-state index contributed by atoms with van der Waals surface area (Å²) >= 11 is 1.26. The number of fused-ring (bicyclic) bond motifs is 6. The molecule has 41 heavy (non-hydrogen) atoms. The highest BCUT2D eigenvalue weighted by Gasteiger charge is 2.40. The van der Waals surface area contributed by atoms with E-state index in [4.69, 9.17) is 9.97 Å². The van der Waals surface area contributed by atoms with E-state index in [-0.39, 0.29) is 28.3 Å². The minimum Gasteiger partial charge on any atom is -0.365 e. The molecule has 0 spiro atoms. The molecule has 0 radical (unpaired) electrons. The quantitative estimate of drug-likeness (QED) is 0.288. The first-order chi connectivity index (χ1) is 19.2. The van der Waals surface area contributed by atoms with E-state index in [1.54, 1.807) is 0 Å². The zero-order chi connectivity index (χ0) is 29.6. The van der Waals surface area contributed by atoms with Crippen molar-refractivity contribution in [1.29, 1.82) is 0 Å². The molecule has 2 atom stereocenters. The molecule has 2 aliphatic heterocycles. The van der Waals surface area contributed by atoms with Crippen LogP contribution in [0.25, 0.3) is 0 Å². The van der Waals surface area contributed by atoms with Crippen molar-refractivity contribution in [2.75, 3.05) is 16.8 Å². The zero-order valence-corrected chi connectivity index (χ0v) is 26.7. The molecule has 1 aromatic carbocycles. The monoisotopic (exact) mass is 571 g/mol. The first-order valence-corrected chi connectivity index (χ1v) is 15.6. The van der Waals surface area contributed by atoms with Crippen LogP contribution in [-0.4, -0.2) is 28.0 Å². The summed E-state index contributed by atoms with van der Waals surface area (Å²) in [5, 5.41) is 4.44. The average molecular weight is 572 g/mol. The number of hydrogen-bond donors (Lipinski definition) is 2. The van der Waals surface area contributed by atoms with Crippen LogP contribution in [0, 0.1) is 5.92 Å². The van der Waals surface area contributed by atoms with Gasteiger partial charge in [-0.05, 0) is 97.4 Å². The molecule has 2 unspecified atom stereocenters. The number of rotatable bonds is 1. The minimum absolute atomic E-state index is 0.0155. The normalized spacial score (nSPS) is 21.3. The molecule has 2 aliphatic rings. The summed E-state index contributed by atoms with van der Waals surface area (Å²) in [7, 11) is 0. The predicted octanol–water partition coefficient (Wildman–Crippen LogP) is 8.06. The highest BCUT2D eigenvalue weighted by molar-refractivity contribution is 7.97. The van der Waals surface area contributed by atoms with Gasteiger partial charge in [0.1, 0.15) is 10.8 Å². The molecule has 2 N–H and O–H groups in total. The van der Waals surface area contributed by atoms with E-state index in [2.05, 4.69) is 94.6 Å². The van der Waals surface area contributed by atoms with Crippen molar-refractivity contribution in [2.45, 2.75) is 102 Å². The van der Waals surface area contributed by atoms with Gasteiger partial charge in [-0.1, -0.05) is 53.7 Å². The van der Waals surface area contributed by atoms with Crippen LogP contribution in [0.2, 0.25) is 0 Å². The Kier molecular flexibility index (Phi) is 7.88. The number of benzene rings is 1. The van der Waals surface area contributed by atoms with Gasteiger partial charge in [-0.25, -0.2) is 4.98 Å². The van der Waals surface area contributed by atoms with Crippen LogP contribution in [0.5, 0.6) is 0 Å². The lowest BCUT2D eigenvalue weighted by Crippen LogP contribution is -2.39. The number of anilines is 2. The molecule has 218 valence electrons. The first-order valence-electron chi connectivity index (χ1n) is 14.8. The van der Waals surface area contributed by atoms with Crippen molar-refractivity contribution < 1.29 is 4.79 Å². The van der Waals surface area contributed by atoms with Crippen molar-refractivity contribution in [3.8, 4) is 0 Å². The van der Waals surface area contributed by atoms with Crippen molar-refractivity contribution >= 4 is 29.4 Å². The summed E-state index contributed by atoms with van der Waals surface area (Å²) in [6.45, 7) is 18.9. The Morgan fingerprint density at radius 1 is 0.951 bits per heavy atom. The van der Waals surface area contributed by atoms with Crippen LogP contribution < -0.4 is 14.9 Å². The lowest BCUT2D eigenvalue weighted by atomic mass is 9.85. The van der Waals surface area contributed by atoms with Crippen molar-refractivity contribution in [3.63, 3.8) is 0 Å². The number of carbonyl (C=O) groups is 1. The Morgan fingerprint density at radius 3 is 2.41 bits per heavy atom. The van der Waals surface area contributed by atoms with Gasteiger partial charge in [-0.15, -0.1) is 0 Å². The molecule has 6 nitrogen and oxygen atoms in total. The number of aromatic nitrogens is 2. The second-order valence-corrected chi connectivity index (χ2v) is 15.2. The van der Waals surface area contributed by atoms with E-state index in [1.807, 2.05) is 30.5 Å². The van der Waals surface area contributed by atoms with Crippen molar-refractivity contribution in [1.82, 2.24) is 14.7 Å². The number of amides is 1. The molecule has 2 aromatic heterocycles. The highest BCUT2D eigenvalue weighted by Crippen LogP contribution is 2.42. The van der Waals surface area contributed by atoms with Crippen LogP contribution in [0.3, 0.4) is 0 Å². The van der Waals surface area contributed by atoms with Crippen LogP contribution >= 0.6 is 11.9 Å². The number of carbonyl (C=O) groups excluding carboxylic acids is 1. The molecular formula is C34H45N5OS. The molecule has 4 bridgehead atoms. The molecule has 0 aliphatic carbocycles. The Labute approximate surface area is 250 Å². The average Bonchev–Trinajstić information content (AvgIpc) is 3.21. The zero-order valence-electron chi connectivity index (χ0n) is 25.8. The molecule has 5 rings (SSSR count). The molecule has 1 amide bonds. The molecular weight excluding hydrogens is 526 g/mol. The fourth-order valence-electron chi connectivity index (χ4n) is 6.10. The summed E-state index contributed by atoms with van der Waals surface area (Å²) in [4.78, 5) is 25.8. The summed E-state index contributed by atoms with van der Waals surface area (Å²) < 4.78 is 3.08. The van der Waals surface area contributed by atoms with Crippen molar-refractivity contribution in [3.05, 3.63) is 77.1 Å². The standard InChI is InChI=1S/C34H45N5OS/c1-32(2,3)23-13-14-25-28(19-23)39-21-22(20-34(39,7)8)12-15-26(27-18-24(16-17-35-27)33(4,5)6)36-29-10-9-11-30(37-29)41-38-31(25)40/h9-11,13-14,16-19,22,26H,12,15,20-21H2,1-8H3,(H,36,37)(H,38,40). The van der Waals surface area contributed by atoms with Gasteiger partial charge < -0.3 is 10.2 Å². The lowest BCUT2D eigenvalue weighted by Gasteiger charge is -2.36. The van der Waals surface area contributed by atoms with Gasteiger partial charge >= 0.3 is 0 Å². The van der Waals surface area contributed by atoms with Gasteiger partial charge in [0.05, 0.1) is 23.0 Å². The third-order valence-electron chi connectivity index (χ3n) is 8.52. The van der Waals surface area contributed by atoms with Crippen LogP contribution in [0.4, 0.5) is 11.5 Å². The second-order valence-electron chi connectivity index (χ2n) is 14.4. The molecule has 1 fully saturated rings. The fraction of sp³-hybridized carbons (Fsp3) is 0.500. The van der Waals surface area contributed by atoms with Crippen LogP contribution in [0.15, 0.2) is 59.8 Å². The van der Waals surface area contributed by atoms with Gasteiger partial charge in [-0.2, -0.15) is 0 Å². The van der Waals surface area contributed by atoms with E-state index in [0.29, 0.717) is 11.5 Å². The van der Waals surface area contributed by atoms with Crippen LogP contribution in [-0.2, 0) is 10.8 Å². The molecule has 3 aromatic rings. The third-order valence-corrected chi connectivity index (χ3v) is 9.24. The van der Waals surface area contributed by atoms with E-state index < -0.39 is 0 Å². The van der Waals surface area contributed by atoms with Gasteiger partial charge in [0.25, 0.3) is 5.91 Å². The topological polar surface area (TPSA) is 70.2 Å². The SMILES string of the molecule is CC(C)(C)c1ccnc(C2CCC3CN(c4cc(C(C)(C)C)ccc4C(=O)NSc4cccc(n4)N2)C(C)(C)C3)c1. The fourth-order valence-corrected chi connectivity index (χ4v) is 6.70. The van der Waals surface area contributed by atoms with E-state index >= 15 is 0 Å². The Balaban J connectivity index is 1.55. The highest BCUT2D eigenvalue weighted by atomic mass is 32.2. The Hall–Kier alpha value is -3.06. The molecule has 1 saturated heterocycles. The van der Waals surface area contributed by atoms with Gasteiger partial charge in [0.15, 0.2) is 0 Å². The molecule has 7 heteroatoms. The van der Waals surface area contributed by atoms with Crippen LogP contribution in [0.1, 0.15) is 108 Å². The molecule has 4 heterocycles. The largest absolute Gasteiger partial charge is 0.365 e. The van der Waals surface area contributed by atoms with Gasteiger partial charge in [0.2, 0.25) is 0 Å². The van der Waals surface area contributed by atoms with Gasteiger partial charge in [0, 0.05) is 30.2 Å². The number of nitrogens with one attached hydrogen (secondary N) is 2. The third kappa shape index (κ3) is 6.56. The number of nitrogens with zero attached hydrogens (tertiary/aromatic N) is 3. The maximum absolute atomic E-state index is 13.6. The van der Waals surface area contributed by atoms with Crippen molar-refractivity contribution in [2.24, 2.45) is 5.92 Å². The summed E-state index contributed by atoms with van der Waals surface area (Å²) in [5.41, 5.74) is 5.25. The first kappa shape index (κ1) is 29.4.